The molecule has 3 aromatic rings. The predicted octanol–water partition coefficient (Wildman–Crippen LogP) is 4.98. The van der Waals surface area contributed by atoms with Gasteiger partial charge in [0, 0.05) is 49.4 Å². The second kappa shape index (κ2) is 8.41. The number of rotatable bonds is 4. The van der Waals surface area contributed by atoms with E-state index in [0.717, 1.165) is 65.5 Å². The fourth-order valence-corrected chi connectivity index (χ4v) is 4.92. The van der Waals surface area contributed by atoms with Gasteiger partial charge in [-0.25, -0.2) is 9.67 Å². The Balaban J connectivity index is 1.40. The monoisotopic (exact) mass is 465 g/mol. The number of benzene rings is 1. The maximum absolute atomic E-state index is 13.8. The number of carbonyl (C=O) groups is 1. The van der Waals surface area contributed by atoms with Gasteiger partial charge in [0.1, 0.15) is 0 Å². The number of hydrogen-bond donors (Lipinski definition) is 0. The lowest BCUT2D eigenvalue weighted by Gasteiger charge is -2.35. The second-order valence-electron chi connectivity index (χ2n) is 10.4. The smallest absolute Gasteiger partial charge is 0.254 e. The van der Waals surface area contributed by atoms with Gasteiger partial charge in [-0.15, -0.1) is 0 Å². The molecule has 174 valence electrons. The van der Waals surface area contributed by atoms with Crippen LogP contribution < -0.4 is 0 Å². The average Bonchev–Trinajstić information content (AvgIpc) is 3.56. The molecule has 1 aromatic carbocycles. The number of carbonyl (C=O) groups excluding carboxylic acids is 1. The Morgan fingerprint density at radius 2 is 1.85 bits per heavy atom. The first kappa shape index (κ1) is 22.4. The third kappa shape index (κ3) is 4.51. The molecule has 7 heteroatoms. The van der Waals surface area contributed by atoms with Gasteiger partial charge in [-0.1, -0.05) is 23.7 Å². The van der Waals surface area contributed by atoms with Crippen LogP contribution in [0.25, 0.3) is 11.0 Å². The Bertz CT molecular complexity index is 1200. The van der Waals surface area contributed by atoms with Gasteiger partial charge < -0.3 is 4.90 Å². The third-order valence-electron chi connectivity index (χ3n) is 6.65. The molecule has 0 bridgehead atoms. The maximum atomic E-state index is 13.8. The van der Waals surface area contributed by atoms with Crippen molar-refractivity contribution in [3.63, 3.8) is 0 Å². The van der Waals surface area contributed by atoms with E-state index in [1.54, 1.807) is 0 Å². The van der Waals surface area contributed by atoms with Crippen LogP contribution >= 0.6 is 11.6 Å². The molecule has 1 amide bonds. The average molecular weight is 466 g/mol. The number of aryl methyl sites for hydroxylation is 1. The Morgan fingerprint density at radius 1 is 1.12 bits per heavy atom. The normalized spacial score (nSPS) is 17.7. The van der Waals surface area contributed by atoms with Crippen molar-refractivity contribution < 1.29 is 4.79 Å². The number of pyridine rings is 1. The van der Waals surface area contributed by atoms with Crippen molar-refractivity contribution in [2.24, 2.45) is 0 Å². The molecule has 2 fully saturated rings. The van der Waals surface area contributed by atoms with E-state index in [1.165, 1.54) is 5.56 Å². The van der Waals surface area contributed by atoms with Crippen molar-refractivity contribution in [3.05, 3.63) is 57.9 Å². The largest absolute Gasteiger partial charge is 0.336 e. The van der Waals surface area contributed by atoms with Gasteiger partial charge in [-0.3, -0.25) is 9.69 Å². The SMILES string of the molecule is Cc1nn(C(C)(C)C)c2nc(C3CC3)cc(C(=O)N3CCN(Cc4cccc(Cl)c4)CC3)c12. The number of amides is 1. The highest BCUT2D eigenvalue weighted by atomic mass is 35.5. The van der Waals surface area contributed by atoms with Crippen LogP contribution in [0.4, 0.5) is 0 Å². The van der Waals surface area contributed by atoms with Crippen LogP contribution in [-0.4, -0.2) is 56.7 Å². The topological polar surface area (TPSA) is 54.3 Å². The first-order chi connectivity index (χ1) is 15.7. The molecule has 33 heavy (non-hydrogen) atoms. The van der Waals surface area contributed by atoms with Crippen LogP contribution in [0.3, 0.4) is 0 Å². The molecule has 2 aromatic heterocycles. The molecule has 0 spiro atoms. The molecule has 1 saturated heterocycles. The minimum Gasteiger partial charge on any atom is -0.336 e. The minimum absolute atomic E-state index is 0.100. The molecule has 1 aliphatic heterocycles. The molecular formula is C26H32ClN5O. The number of aromatic nitrogens is 3. The summed E-state index contributed by atoms with van der Waals surface area (Å²) in [5.74, 6) is 0.572. The van der Waals surface area contributed by atoms with Gasteiger partial charge in [0.2, 0.25) is 0 Å². The molecular weight excluding hydrogens is 434 g/mol. The number of piperazine rings is 1. The van der Waals surface area contributed by atoms with Crippen molar-refractivity contribution in [1.82, 2.24) is 24.6 Å². The molecule has 0 atom stereocenters. The Hall–Kier alpha value is -2.44. The summed E-state index contributed by atoms with van der Waals surface area (Å²) in [4.78, 5) is 23.1. The zero-order valence-corrected chi connectivity index (χ0v) is 20.7. The zero-order chi connectivity index (χ0) is 23.3. The van der Waals surface area contributed by atoms with Crippen molar-refractivity contribution in [2.45, 2.75) is 58.5 Å². The molecule has 1 aliphatic carbocycles. The molecule has 0 N–H and O–H groups in total. The number of nitrogens with zero attached hydrogens (tertiary/aromatic N) is 5. The fraction of sp³-hybridized carbons (Fsp3) is 0.500. The first-order valence-corrected chi connectivity index (χ1v) is 12.3. The number of hydrogen-bond acceptors (Lipinski definition) is 4. The Morgan fingerprint density at radius 3 is 2.48 bits per heavy atom. The fourth-order valence-electron chi connectivity index (χ4n) is 4.71. The summed E-state index contributed by atoms with van der Waals surface area (Å²) in [6.07, 6.45) is 2.30. The van der Waals surface area contributed by atoms with Crippen molar-refractivity contribution in [1.29, 1.82) is 0 Å². The van der Waals surface area contributed by atoms with E-state index in [9.17, 15) is 4.79 Å². The van der Waals surface area contributed by atoms with E-state index < -0.39 is 0 Å². The van der Waals surface area contributed by atoms with Crippen molar-refractivity contribution >= 4 is 28.5 Å². The summed E-state index contributed by atoms with van der Waals surface area (Å²) in [7, 11) is 0. The van der Waals surface area contributed by atoms with Crippen LogP contribution in [0, 0.1) is 6.92 Å². The van der Waals surface area contributed by atoms with Crippen LogP contribution in [0.15, 0.2) is 30.3 Å². The summed E-state index contributed by atoms with van der Waals surface area (Å²) in [6, 6.07) is 10.1. The van der Waals surface area contributed by atoms with E-state index in [2.05, 4.69) is 31.7 Å². The van der Waals surface area contributed by atoms with Crippen LogP contribution in [-0.2, 0) is 12.1 Å². The minimum atomic E-state index is -0.200. The summed E-state index contributed by atoms with van der Waals surface area (Å²) in [6.45, 7) is 12.4. The standard InChI is InChI=1S/C26H32ClN5O/c1-17-23-21(15-22(19-8-9-19)28-24(23)32(29-17)26(2,3)4)25(33)31-12-10-30(11-13-31)16-18-6-5-7-20(27)14-18/h5-7,14-15,19H,8-13,16H2,1-4H3. The third-order valence-corrected chi connectivity index (χ3v) is 6.88. The van der Waals surface area contributed by atoms with Gasteiger partial charge in [0.25, 0.3) is 5.91 Å². The molecule has 5 rings (SSSR count). The van der Waals surface area contributed by atoms with E-state index in [1.807, 2.05) is 40.8 Å². The Labute approximate surface area is 200 Å². The second-order valence-corrected chi connectivity index (χ2v) is 10.9. The molecule has 3 heterocycles. The van der Waals surface area contributed by atoms with Crippen LogP contribution in [0.2, 0.25) is 5.02 Å². The van der Waals surface area contributed by atoms with Crippen molar-refractivity contribution in [2.75, 3.05) is 26.2 Å². The lowest BCUT2D eigenvalue weighted by atomic mass is 10.0. The number of fused-ring (bicyclic) bond motifs is 1. The van der Waals surface area contributed by atoms with E-state index >= 15 is 0 Å². The molecule has 2 aliphatic rings. The summed E-state index contributed by atoms with van der Waals surface area (Å²) >= 11 is 6.14. The lowest BCUT2D eigenvalue weighted by Crippen LogP contribution is -2.48. The van der Waals surface area contributed by atoms with Crippen LogP contribution in [0.5, 0.6) is 0 Å². The van der Waals surface area contributed by atoms with Crippen LogP contribution in [0.1, 0.15) is 66.8 Å². The Kier molecular flexibility index (Phi) is 5.69. The first-order valence-electron chi connectivity index (χ1n) is 11.9. The van der Waals surface area contributed by atoms with Gasteiger partial charge in [-0.05, 0) is 64.3 Å². The van der Waals surface area contributed by atoms with Gasteiger partial charge >= 0.3 is 0 Å². The zero-order valence-electron chi connectivity index (χ0n) is 19.9. The van der Waals surface area contributed by atoms with E-state index in [4.69, 9.17) is 21.7 Å². The maximum Gasteiger partial charge on any atom is 0.254 e. The van der Waals surface area contributed by atoms with Crippen molar-refractivity contribution in [3.8, 4) is 0 Å². The quantitative estimate of drug-likeness (QED) is 0.545. The lowest BCUT2D eigenvalue weighted by molar-refractivity contribution is 0.0630. The highest BCUT2D eigenvalue weighted by Gasteiger charge is 2.32. The van der Waals surface area contributed by atoms with Gasteiger partial charge in [0.15, 0.2) is 5.65 Å². The summed E-state index contributed by atoms with van der Waals surface area (Å²) < 4.78 is 1.99. The molecule has 6 nitrogen and oxygen atoms in total. The summed E-state index contributed by atoms with van der Waals surface area (Å²) in [5.41, 5.74) is 4.52. The molecule has 0 unspecified atom stereocenters. The molecule has 1 saturated carbocycles. The molecule has 0 radical (unpaired) electrons. The summed E-state index contributed by atoms with van der Waals surface area (Å²) in [5, 5.41) is 6.47. The van der Waals surface area contributed by atoms with E-state index in [0.29, 0.717) is 19.0 Å². The number of halogens is 1. The van der Waals surface area contributed by atoms with E-state index in [-0.39, 0.29) is 11.4 Å². The van der Waals surface area contributed by atoms with Gasteiger partial charge in [-0.2, -0.15) is 5.10 Å². The highest BCUT2D eigenvalue weighted by molar-refractivity contribution is 6.30. The highest BCUT2D eigenvalue weighted by Crippen LogP contribution is 2.41. The van der Waals surface area contributed by atoms with Gasteiger partial charge in [0.05, 0.1) is 22.2 Å². The predicted molar refractivity (Wildman–Crippen MR) is 132 cm³/mol.